The van der Waals surface area contributed by atoms with Gasteiger partial charge in [0, 0.05) is 11.5 Å². The molecule has 2 rings (SSSR count). The molecule has 4 heteroatoms. The summed E-state index contributed by atoms with van der Waals surface area (Å²) in [5, 5.41) is 19.9. The van der Waals surface area contributed by atoms with Crippen LogP contribution in [-0.2, 0) is 9.53 Å². The fourth-order valence-corrected chi connectivity index (χ4v) is 2.67. The Kier molecular flexibility index (Phi) is 3.92. The van der Waals surface area contributed by atoms with Gasteiger partial charge in [-0.15, -0.1) is 0 Å². The summed E-state index contributed by atoms with van der Waals surface area (Å²) in [6.45, 7) is 9.46. The molecule has 1 aliphatic carbocycles. The van der Waals surface area contributed by atoms with Gasteiger partial charge < -0.3 is 14.9 Å². The zero-order chi connectivity index (χ0) is 14.2. The van der Waals surface area contributed by atoms with Crippen molar-refractivity contribution in [1.82, 2.24) is 0 Å². The number of hydrogen-bond acceptors (Lipinski definition) is 4. The fourth-order valence-electron chi connectivity index (χ4n) is 2.67. The van der Waals surface area contributed by atoms with Gasteiger partial charge in [0.15, 0.2) is 0 Å². The van der Waals surface area contributed by atoms with Crippen molar-refractivity contribution in [2.24, 2.45) is 5.92 Å². The first-order chi connectivity index (χ1) is 8.90. The second kappa shape index (κ2) is 5.31. The number of rotatable bonds is 0. The molecule has 1 fully saturated rings. The predicted molar refractivity (Wildman–Crippen MR) is 71.3 cm³/mol. The summed E-state index contributed by atoms with van der Waals surface area (Å²) in [6, 6.07) is 0. The third kappa shape index (κ3) is 2.80. The van der Waals surface area contributed by atoms with Crippen LogP contribution in [0.3, 0.4) is 0 Å². The van der Waals surface area contributed by atoms with Gasteiger partial charge in [-0.3, -0.25) is 0 Å². The van der Waals surface area contributed by atoms with Crippen LogP contribution < -0.4 is 0 Å². The molecule has 0 bridgehead atoms. The van der Waals surface area contributed by atoms with Gasteiger partial charge in [-0.1, -0.05) is 18.7 Å². The predicted octanol–water partition coefficient (Wildman–Crippen LogP) is 1.49. The Hall–Kier alpha value is -1.39. The van der Waals surface area contributed by atoms with Crippen LogP contribution in [0.1, 0.15) is 26.2 Å². The van der Waals surface area contributed by atoms with Crippen molar-refractivity contribution in [2.45, 2.75) is 44.5 Å². The van der Waals surface area contributed by atoms with Gasteiger partial charge in [-0.25, -0.2) is 4.79 Å². The second-order valence-electron chi connectivity index (χ2n) is 5.43. The summed E-state index contributed by atoms with van der Waals surface area (Å²) in [4.78, 5) is 11.6. The van der Waals surface area contributed by atoms with Crippen LogP contribution in [0.5, 0.6) is 0 Å². The molecule has 0 saturated carbocycles. The molecular weight excluding hydrogens is 244 g/mol. The number of carbonyl (C=O) groups excluding carboxylic acids is 1. The lowest BCUT2D eigenvalue weighted by molar-refractivity contribution is -0.137. The molecule has 0 aromatic heterocycles. The molecule has 4 nitrogen and oxygen atoms in total. The molecule has 1 heterocycles. The molecule has 0 unspecified atom stereocenters. The summed E-state index contributed by atoms with van der Waals surface area (Å²) < 4.78 is 5.29. The van der Waals surface area contributed by atoms with Gasteiger partial charge in [0.25, 0.3) is 0 Å². The number of aliphatic hydroxyl groups is 2. The Balaban J connectivity index is 2.28. The standard InChI is InChI=1S/C15H20O4/c1-8-6-12(16)14(17)9(2)4-5-11-10(3)15(18)19-13(11)7-8/h7,11-14,16-17H,2-6H2,1H3/b8-7+/t11-,12+,13+,14+/m0/s1. The molecular formula is C15H20O4. The number of hydrogen-bond donors (Lipinski definition) is 2. The molecule has 0 radical (unpaired) electrons. The molecule has 0 amide bonds. The normalized spacial score (nSPS) is 39.3. The summed E-state index contributed by atoms with van der Waals surface area (Å²) in [5.41, 5.74) is 1.96. The molecule has 19 heavy (non-hydrogen) atoms. The van der Waals surface area contributed by atoms with E-state index in [1.54, 1.807) is 0 Å². The Morgan fingerprint density at radius 1 is 1.37 bits per heavy atom. The number of fused-ring (bicyclic) bond motifs is 1. The zero-order valence-corrected chi connectivity index (χ0v) is 11.1. The number of esters is 1. The van der Waals surface area contributed by atoms with Crippen molar-refractivity contribution in [1.29, 1.82) is 0 Å². The van der Waals surface area contributed by atoms with Crippen LogP contribution >= 0.6 is 0 Å². The lowest BCUT2D eigenvalue weighted by Gasteiger charge is -2.24. The molecule has 0 aromatic carbocycles. The smallest absolute Gasteiger partial charge is 0.334 e. The van der Waals surface area contributed by atoms with Crippen molar-refractivity contribution in [3.63, 3.8) is 0 Å². The molecule has 2 aliphatic rings. The minimum Gasteiger partial charge on any atom is -0.454 e. The maximum Gasteiger partial charge on any atom is 0.334 e. The minimum atomic E-state index is -0.925. The highest BCUT2D eigenvalue weighted by Gasteiger charge is 2.38. The first kappa shape index (κ1) is 14.0. The molecule has 0 aromatic rings. The Morgan fingerprint density at radius 3 is 2.74 bits per heavy atom. The fraction of sp³-hybridized carbons (Fsp3) is 0.533. The van der Waals surface area contributed by atoms with E-state index in [1.807, 2.05) is 13.0 Å². The van der Waals surface area contributed by atoms with Gasteiger partial charge in [-0.05, 0) is 37.8 Å². The van der Waals surface area contributed by atoms with Crippen LogP contribution in [0.2, 0.25) is 0 Å². The second-order valence-corrected chi connectivity index (χ2v) is 5.43. The lowest BCUT2D eigenvalue weighted by Crippen LogP contribution is -2.29. The van der Waals surface area contributed by atoms with Crippen LogP contribution in [0.15, 0.2) is 36.0 Å². The van der Waals surface area contributed by atoms with Crippen molar-refractivity contribution in [3.8, 4) is 0 Å². The maximum atomic E-state index is 11.6. The average molecular weight is 264 g/mol. The Morgan fingerprint density at radius 2 is 2.05 bits per heavy atom. The van der Waals surface area contributed by atoms with Gasteiger partial charge in [0.2, 0.25) is 0 Å². The van der Waals surface area contributed by atoms with Crippen molar-refractivity contribution in [3.05, 3.63) is 36.0 Å². The monoisotopic (exact) mass is 264 g/mol. The molecule has 104 valence electrons. The topological polar surface area (TPSA) is 66.8 Å². The average Bonchev–Trinajstić information content (AvgIpc) is 2.60. The number of carbonyl (C=O) groups is 1. The summed E-state index contributed by atoms with van der Waals surface area (Å²) in [7, 11) is 0. The van der Waals surface area contributed by atoms with Crippen molar-refractivity contribution >= 4 is 5.97 Å². The van der Waals surface area contributed by atoms with E-state index in [1.165, 1.54) is 0 Å². The maximum absolute atomic E-state index is 11.6. The highest BCUT2D eigenvalue weighted by Crippen LogP contribution is 2.34. The van der Waals surface area contributed by atoms with E-state index in [4.69, 9.17) is 4.74 Å². The van der Waals surface area contributed by atoms with E-state index in [2.05, 4.69) is 13.2 Å². The van der Waals surface area contributed by atoms with Gasteiger partial charge in [0.05, 0.1) is 6.10 Å². The van der Waals surface area contributed by atoms with Gasteiger partial charge in [-0.2, -0.15) is 0 Å². The molecule has 1 aliphatic heterocycles. The first-order valence-corrected chi connectivity index (χ1v) is 6.51. The Labute approximate surface area is 113 Å². The van der Waals surface area contributed by atoms with Crippen LogP contribution in [0.25, 0.3) is 0 Å². The molecule has 1 saturated heterocycles. The summed E-state index contributed by atoms with van der Waals surface area (Å²) in [6.07, 6.45) is 1.28. The lowest BCUT2D eigenvalue weighted by atomic mass is 9.85. The van der Waals surface area contributed by atoms with Crippen molar-refractivity contribution < 1.29 is 19.7 Å². The molecule has 4 atom stereocenters. The first-order valence-electron chi connectivity index (χ1n) is 6.51. The minimum absolute atomic E-state index is 0.0679. The third-order valence-electron chi connectivity index (χ3n) is 3.89. The highest BCUT2D eigenvalue weighted by atomic mass is 16.5. The third-order valence-corrected chi connectivity index (χ3v) is 3.89. The summed E-state index contributed by atoms with van der Waals surface area (Å²) >= 11 is 0. The van der Waals surface area contributed by atoms with Gasteiger partial charge in [0.1, 0.15) is 12.2 Å². The van der Waals surface area contributed by atoms with E-state index >= 15 is 0 Å². The Bertz CT molecular complexity index is 449. The van der Waals surface area contributed by atoms with Crippen LogP contribution in [0.4, 0.5) is 0 Å². The number of aliphatic hydroxyl groups excluding tert-OH is 2. The van der Waals surface area contributed by atoms with Crippen molar-refractivity contribution in [2.75, 3.05) is 0 Å². The molecule has 2 N–H and O–H groups in total. The van der Waals surface area contributed by atoms with E-state index in [-0.39, 0.29) is 18.0 Å². The SMILES string of the molecule is C=C1CC[C@H]2C(=C)C(=O)O[C@@H]2/C=C(\C)C[C@@H](O)[C@@H]1O. The zero-order valence-electron chi connectivity index (χ0n) is 11.1. The van der Waals surface area contributed by atoms with Crippen LogP contribution in [0, 0.1) is 5.92 Å². The van der Waals surface area contributed by atoms with E-state index in [0.29, 0.717) is 30.4 Å². The van der Waals surface area contributed by atoms with E-state index in [0.717, 1.165) is 5.57 Å². The molecule has 0 spiro atoms. The van der Waals surface area contributed by atoms with Crippen LogP contribution in [-0.4, -0.2) is 34.5 Å². The largest absolute Gasteiger partial charge is 0.454 e. The highest BCUT2D eigenvalue weighted by molar-refractivity contribution is 5.91. The quantitative estimate of drug-likeness (QED) is 0.395. The van der Waals surface area contributed by atoms with Gasteiger partial charge >= 0.3 is 5.97 Å². The number of ether oxygens (including phenoxy) is 1. The van der Waals surface area contributed by atoms with E-state index in [9.17, 15) is 15.0 Å². The van der Waals surface area contributed by atoms with E-state index < -0.39 is 12.2 Å². The summed E-state index contributed by atoms with van der Waals surface area (Å²) in [5.74, 6) is -0.424.